The average Bonchev–Trinajstić information content (AvgIpc) is 2.74. The Balaban J connectivity index is 1.84. The van der Waals surface area contributed by atoms with Crippen LogP contribution in [0.2, 0.25) is 0 Å². The first-order chi connectivity index (χ1) is 13.8. The summed E-state index contributed by atoms with van der Waals surface area (Å²) in [5.74, 6) is 0.627. The quantitative estimate of drug-likeness (QED) is 0.480. The molecule has 3 heterocycles. The first kappa shape index (κ1) is 17.3. The van der Waals surface area contributed by atoms with E-state index in [-0.39, 0.29) is 0 Å². The summed E-state index contributed by atoms with van der Waals surface area (Å²) in [5.41, 5.74) is 2.86. The van der Waals surface area contributed by atoms with Gasteiger partial charge in [0.15, 0.2) is 0 Å². The van der Waals surface area contributed by atoms with Gasteiger partial charge >= 0.3 is 0 Å². The monoisotopic (exact) mass is 371 g/mol. The van der Waals surface area contributed by atoms with Gasteiger partial charge in [-0.25, -0.2) is 9.97 Å². The van der Waals surface area contributed by atoms with Crippen LogP contribution >= 0.6 is 0 Å². The summed E-state index contributed by atoms with van der Waals surface area (Å²) in [7, 11) is 0. The smallest absolute Gasteiger partial charge is 0.298 e. The van der Waals surface area contributed by atoms with Gasteiger partial charge in [0.2, 0.25) is 0 Å². The minimum absolute atomic E-state index is 0.300. The molecular formula is C21H13N3O4. The number of rotatable bonds is 6. The fourth-order valence-corrected chi connectivity index (χ4v) is 2.78. The molecule has 0 aliphatic rings. The lowest BCUT2D eigenvalue weighted by Gasteiger charge is -2.09. The second-order valence-corrected chi connectivity index (χ2v) is 5.77. The first-order valence-corrected chi connectivity index (χ1v) is 8.32. The molecule has 7 nitrogen and oxygen atoms in total. The Bertz CT molecular complexity index is 1180. The average molecular weight is 371 g/mol. The highest BCUT2D eigenvalue weighted by Gasteiger charge is 2.11. The standard InChI is InChI=1S/C21H13N3O4/c25-12-27-15-7-8-22-19(9-15)21-11-16(28-13-26)10-20(24-21)18-6-5-14-3-1-2-4-17(14)23-18/h1-13H. The highest BCUT2D eigenvalue weighted by molar-refractivity contribution is 5.81. The van der Waals surface area contributed by atoms with Crippen molar-refractivity contribution in [3.05, 3.63) is 66.9 Å². The molecule has 4 rings (SSSR count). The Labute approximate surface area is 159 Å². The molecule has 0 atom stereocenters. The normalized spacial score (nSPS) is 10.4. The molecule has 3 aromatic heterocycles. The molecule has 136 valence electrons. The van der Waals surface area contributed by atoms with Crippen molar-refractivity contribution in [2.75, 3.05) is 0 Å². The van der Waals surface area contributed by atoms with E-state index in [0.29, 0.717) is 47.2 Å². The van der Waals surface area contributed by atoms with Crippen LogP contribution < -0.4 is 9.47 Å². The predicted octanol–water partition coefficient (Wildman–Crippen LogP) is 3.43. The Kier molecular flexibility index (Phi) is 4.71. The fourth-order valence-electron chi connectivity index (χ4n) is 2.78. The molecule has 0 aliphatic carbocycles. The van der Waals surface area contributed by atoms with Gasteiger partial charge in [-0.15, -0.1) is 0 Å². The summed E-state index contributed by atoms with van der Waals surface area (Å²) >= 11 is 0. The van der Waals surface area contributed by atoms with Gasteiger partial charge in [0.1, 0.15) is 11.5 Å². The maximum atomic E-state index is 10.9. The fraction of sp³-hybridized carbons (Fsp3) is 0. The Morgan fingerprint density at radius 1 is 0.679 bits per heavy atom. The number of hydrogen-bond donors (Lipinski definition) is 0. The van der Waals surface area contributed by atoms with E-state index in [9.17, 15) is 9.59 Å². The maximum Gasteiger partial charge on any atom is 0.298 e. The number of ether oxygens (including phenoxy) is 2. The third-order valence-electron chi connectivity index (χ3n) is 4.02. The summed E-state index contributed by atoms with van der Waals surface area (Å²) in [6.45, 7) is 0.680. The van der Waals surface area contributed by atoms with Crippen molar-refractivity contribution in [3.8, 4) is 34.3 Å². The molecule has 0 N–H and O–H groups in total. The van der Waals surface area contributed by atoms with Crippen molar-refractivity contribution in [1.82, 2.24) is 15.0 Å². The van der Waals surface area contributed by atoms with Crippen molar-refractivity contribution >= 4 is 23.8 Å². The van der Waals surface area contributed by atoms with Gasteiger partial charge in [-0.2, -0.15) is 0 Å². The first-order valence-electron chi connectivity index (χ1n) is 8.32. The lowest BCUT2D eigenvalue weighted by atomic mass is 10.1. The molecule has 4 aromatic rings. The molecule has 7 heteroatoms. The second kappa shape index (κ2) is 7.63. The van der Waals surface area contributed by atoms with E-state index in [0.717, 1.165) is 10.9 Å². The van der Waals surface area contributed by atoms with Crippen LogP contribution in [0.1, 0.15) is 0 Å². The molecule has 0 amide bonds. The number of para-hydroxylation sites is 1. The van der Waals surface area contributed by atoms with Crippen molar-refractivity contribution in [1.29, 1.82) is 0 Å². The van der Waals surface area contributed by atoms with Crippen molar-refractivity contribution in [3.63, 3.8) is 0 Å². The van der Waals surface area contributed by atoms with E-state index in [1.807, 2.05) is 36.4 Å². The topological polar surface area (TPSA) is 91.3 Å². The highest BCUT2D eigenvalue weighted by Crippen LogP contribution is 2.28. The number of nitrogens with zero attached hydrogens (tertiary/aromatic N) is 3. The molecule has 0 saturated carbocycles. The Hall–Kier alpha value is -4.13. The Morgan fingerprint density at radius 3 is 2.21 bits per heavy atom. The van der Waals surface area contributed by atoms with Gasteiger partial charge in [0, 0.05) is 29.8 Å². The summed E-state index contributed by atoms with van der Waals surface area (Å²) in [4.78, 5) is 34.9. The zero-order valence-corrected chi connectivity index (χ0v) is 14.5. The minimum atomic E-state index is 0.300. The SMILES string of the molecule is O=COc1ccnc(-c2cc(OC=O)cc(-c3ccc4ccccc4n3)n2)c1. The molecule has 0 aliphatic heterocycles. The van der Waals surface area contributed by atoms with Crippen LogP contribution in [-0.2, 0) is 9.59 Å². The minimum Gasteiger partial charge on any atom is -0.429 e. The van der Waals surface area contributed by atoms with Crippen LogP contribution in [0.15, 0.2) is 66.9 Å². The summed E-state index contributed by atoms with van der Waals surface area (Å²) in [6, 6.07) is 17.8. The van der Waals surface area contributed by atoms with Gasteiger partial charge < -0.3 is 9.47 Å². The molecule has 0 bridgehead atoms. The number of fused-ring (bicyclic) bond motifs is 1. The lowest BCUT2D eigenvalue weighted by Crippen LogP contribution is -1.97. The van der Waals surface area contributed by atoms with Crippen molar-refractivity contribution in [2.45, 2.75) is 0 Å². The molecule has 0 radical (unpaired) electrons. The zero-order valence-electron chi connectivity index (χ0n) is 14.5. The lowest BCUT2D eigenvalue weighted by molar-refractivity contribution is -0.121. The third-order valence-corrected chi connectivity index (χ3v) is 4.02. The number of benzene rings is 1. The van der Waals surface area contributed by atoms with Gasteiger partial charge in [0.25, 0.3) is 12.9 Å². The summed E-state index contributed by atoms with van der Waals surface area (Å²) in [5, 5.41) is 1.01. The molecule has 0 fully saturated rings. The van der Waals surface area contributed by atoms with E-state index in [1.54, 1.807) is 24.3 Å². The number of hydrogen-bond acceptors (Lipinski definition) is 7. The van der Waals surface area contributed by atoms with E-state index >= 15 is 0 Å². The predicted molar refractivity (Wildman–Crippen MR) is 102 cm³/mol. The van der Waals surface area contributed by atoms with Crippen molar-refractivity contribution < 1.29 is 19.1 Å². The number of carbonyl (C=O) groups is 2. The van der Waals surface area contributed by atoms with Crippen molar-refractivity contribution in [2.24, 2.45) is 0 Å². The van der Waals surface area contributed by atoms with Gasteiger partial charge in [-0.1, -0.05) is 24.3 Å². The molecular weight excluding hydrogens is 358 g/mol. The van der Waals surface area contributed by atoms with Gasteiger partial charge in [-0.3, -0.25) is 14.6 Å². The van der Waals surface area contributed by atoms with Crippen LogP contribution in [0.5, 0.6) is 11.5 Å². The molecule has 0 unspecified atom stereocenters. The van der Waals surface area contributed by atoms with E-state index in [4.69, 9.17) is 9.47 Å². The molecule has 28 heavy (non-hydrogen) atoms. The van der Waals surface area contributed by atoms with Crippen LogP contribution in [-0.4, -0.2) is 27.9 Å². The number of carbonyl (C=O) groups excluding carboxylic acids is 2. The van der Waals surface area contributed by atoms with E-state index in [1.165, 1.54) is 6.20 Å². The Morgan fingerprint density at radius 2 is 1.39 bits per heavy atom. The van der Waals surface area contributed by atoms with Crippen LogP contribution in [0, 0.1) is 0 Å². The van der Waals surface area contributed by atoms with Gasteiger partial charge in [0.05, 0.1) is 28.3 Å². The number of pyridine rings is 3. The van der Waals surface area contributed by atoms with E-state index < -0.39 is 0 Å². The number of aromatic nitrogens is 3. The third kappa shape index (κ3) is 3.54. The molecule has 0 saturated heterocycles. The van der Waals surface area contributed by atoms with E-state index in [2.05, 4.69) is 15.0 Å². The van der Waals surface area contributed by atoms with Crippen LogP contribution in [0.25, 0.3) is 33.7 Å². The molecule has 1 aromatic carbocycles. The summed E-state index contributed by atoms with van der Waals surface area (Å²) in [6.07, 6.45) is 1.50. The summed E-state index contributed by atoms with van der Waals surface area (Å²) < 4.78 is 9.89. The maximum absolute atomic E-state index is 10.9. The largest absolute Gasteiger partial charge is 0.429 e. The zero-order chi connectivity index (χ0) is 19.3. The van der Waals surface area contributed by atoms with Crippen LogP contribution in [0.4, 0.5) is 0 Å². The highest BCUT2D eigenvalue weighted by atomic mass is 16.5. The second-order valence-electron chi connectivity index (χ2n) is 5.77. The van der Waals surface area contributed by atoms with Gasteiger partial charge in [-0.05, 0) is 18.2 Å². The molecule has 0 spiro atoms. The van der Waals surface area contributed by atoms with Crippen LogP contribution in [0.3, 0.4) is 0 Å².